The number of amides is 1. The Morgan fingerprint density at radius 2 is 2.26 bits per heavy atom. The molecular formula is C11H14ClNO4S2. The molecule has 1 fully saturated rings. The Morgan fingerprint density at radius 1 is 1.58 bits per heavy atom. The van der Waals surface area contributed by atoms with E-state index in [0.717, 1.165) is 17.8 Å². The first kappa shape index (κ1) is 14.8. The van der Waals surface area contributed by atoms with Crippen molar-refractivity contribution in [3.63, 3.8) is 0 Å². The number of halogens is 1. The van der Waals surface area contributed by atoms with Crippen LogP contribution < -0.4 is 0 Å². The monoisotopic (exact) mass is 323 g/mol. The number of hydrogen-bond donors (Lipinski definition) is 0. The van der Waals surface area contributed by atoms with Crippen molar-refractivity contribution in [1.29, 1.82) is 0 Å². The van der Waals surface area contributed by atoms with Gasteiger partial charge in [0.1, 0.15) is 0 Å². The molecular weight excluding hydrogens is 310 g/mol. The van der Waals surface area contributed by atoms with Gasteiger partial charge in [0.05, 0.1) is 22.4 Å². The van der Waals surface area contributed by atoms with E-state index in [1.165, 1.54) is 6.07 Å². The molecule has 5 nitrogen and oxygen atoms in total. The Morgan fingerprint density at radius 3 is 2.74 bits per heavy atom. The number of carbonyl (C=O) groups is 1. The number of hydrogen-bond acceptors (Lipinski definition) is 5. The van der Waals surface area contributed by atoms with Gasteiger partial charge < -0.3 is 9.64 Å². The molecule has 1 aromatic heterocycles. The molecule has 0 N–H and O–H groups in total. The Kier molecular flexibility index (Phi) is 4.20. The number of ether oxygens (including phenoxy) is 1. The number of rotatable bonds is 3. The molecule has 0 spiro atoms. The molecule has 1 saturated heterocycles. The van der Waals surface area contributed by atoms with Gasteiger partial charge in [0.25, 0.3) is 15.0 Å². The third-order valence-electron chi connectivity index (χ3n) is 3.12. The molecule has 2 heterocycles. The Bertz CT molecular complexity index is 590. The molecule has 1 amide bonds. The molecule has 106 valence electrons. The van der Waals surface area contributed by atoms with Crippen LogP contribution in [0.3, 0.4) is 0 Å². The minimum Gasteiger partial charge on any atom is -0.379 e. The SMILES string of the molecule is Cc1sc(C(=O)N(C)C2CCOC2)cc1S(=O)(=O)Cl. The first-order valence-corrected chi connectivity index (χ1v) is 8.83. The minimum absolute atomic E-state index is 0.0126. The fraction of sp³-hybridized carbons (Fsp3) is 0.545. The third kappa shape index (κ3) is 3.10. The lowest BCUT2D eigenvalue weighted by atomic mass is 10.2. The van der Waals surface area contributed by atoms with Crippen LogP contribution in [0, 0.1) is 6.92 Å². The molecule has 1 unspecified atom stereocenters. The summed E-state index contributed by atoms with van der Waals surface area (Å²) in [5.41, 5.74) is 0. The van der Waals surface area contributed by atoms with Gasteiger partial charge in [0.2, 0.25) is 0 Å². The summed E-state index contributed by atoms with van der Waals surface area (Å²) in [6, 6.07) is 1.39. The standard InChI is InChI=1S/C11H14ClNO4S2/c1-7-10(19(12,15)16)5-9(18-7)11(14)13(2)8-3-4-17-6-8/h5,8H,3-4,6H2,1-2H3. The van der Waals surface area contributed by atoms with Crippen molar-refractivity contribution in [2.75, 3.05) is 20.3 Å². The Labute approximate surface area is 120 Å². The van der Waals surface area contributed by atoms with Crippen LogP contribution in [0.15, 0.2) is 11.0 Å². The fourth-order valence-electron chi connectivity index (χ4n) is 1.98. The average molecular weight is 324 g/mol. The molecule has 0 bridgehead atoms. The van der Waals surface area contributed by atoms with Gasteiger partial charge in [-0.1, -0.05) is 0 Å². The smallest absolute Gasteiger partial charge is 0.264 e. The van der Waals surface area contributed by atoms with Crippen molar-refractivity contribution >= 4 is 37.0 Å². The average Bonchev–Trinajstić information content (AvgIpc) is 2.94. The summed E-state index contributed by atoms with van der Waals surface area (Å²) in [6.45, 7) is 2.80. The number of nitrogens with zero attached hydrogens (tertiary/aromatic N) is 1. The van der Waals surface area contributed by atoms with E-state index in [0.29, 0.717) is 23.0 Å². The molecule has 1 aliphatic rings. The van der Waals surface area contributed by atoms with Gasteiger partial charge >= 0.3 is 0 Å². The van der Waals surface area contributed by atoms with E-state index in [4.69, 9.17) is 15.4 Å². The van der Waals surface area contributed by atoms with Crippen molar-refractivity contribution in [1.82, 2.24) is 4.90 Å². The summed E-state index contributed by atoms with van der Waals surface area (Å²) in [4.78, 5) is 14.8. The fourth-order valence-corrected chi connectivity index (χ4v) is 4.63. The second-order valence-electron chi connectivity index (χ2n) is 4.40. The van der Waals surface area contributed by atoms with Gasteiger partial charge in [0, 0.05) is 29.2 Å². The van der Waals surface area contributed by atoms with E-state index in [9.17, 15) is 13.2 Å². The molecule has 8 heteroatoms. The lowest BCUT2D eigenvalue weighted by Gasteiger charge is -2.22. The van der Waals surface area contributed by atoms with Gasteiger partial charge in [-0.05, 0) is 19.4 Å². The van der Waals surface area contributed by atoms with Crippen LogP contribution in [-0.4, -0.2) is 45.5 Å². The van der Waals surface area contributed by atoms with Gasteiger partial charge in [-0.15, -0.1) is 11.3 Å². The maximum atomic E-state index is 12.3. The van der Waals surface area contributed by atoms with Crippen LogP contribution in [0.25, 0.3) is 0 Å². The van der Waals surface area contributed by atoms with E-state index < -0.39 is 9.05 Å². The van der Waals surface area contributed by atoms with Gasteiger partial charge in [0.15, 0.2) is 0 Å². The first-order valence-electron chi connectivity index (χ1n) is 5.70. The molecule has 1 aromatic rings. The maximum Gasteiger partial charge on any atom is 0.264 e. The molecule has 0 saturated carbocycles. The highest BCUT2D eigenvalue weighted by Crippen LogP contribution is 2.29. The van der Waals surface area contributed by atoms with Crippen molar-refractivity contribution in [2.24, 2.45) is 0 Å². The minimum atomic E-state index is -3.80. The zero-order chi connectivity index (χ0) is 14.2. The molecule has 0 radical (unpaired) electrons. The van der Waals surface area contributed by atoms with Crippen LogP contribution in [0.4, 0.5) is 0 Å². The Hall–Kier alpha value is -0.630. The first-order chi connectivity index (χ1) is 8.80. The highest BCUT2D eigenvalue weighted by Gasteiger charge is 2.27. The van der Waals surface area contributed by atoms with Gasteiger partial charge in [-0.2, -0.15) is 0 Å². The number of thiophene rings is 1. The summed E-state index contributed by atoms with van der Waals surface area (Å²) >= 11 is 1.14. The molecule has 1 aliphatic heterocycles. The van der Waals surface area contributed by atoms with Gasteiger partial charge in [-0.25, -0.2) is 8.42 Å². The molecule has 19 heavy (non-hydrogen) atoms. The highest BCUT2D eigenvalue weighted by molar-refractivity contribution is 8.13. The van der Waals surface area contributed by atoms with E-state index in [2.05, 4.69) is 0 Å². The van der Waals surface area contributed by atoms with E-state index >= 15 is 0 Å². The summed E-state index contributed by atoms with van der Waals surface area (Å²) in [6.07, 6.45) is 0.799. The summed E-state index contributed by atoms with van der Waals surface area (Å²) < 4.78 is 27.9. The largest absolute Gasteiger partial charge is 0.379 e. The summed E-state index contributed by atoms with van der Waals surface area (Å²) in [5.74, 6) is -0.199. The molecule has 1 atom stereocenters. The Balaban J connectivity index is 2.25. The summed E-state index contributed by atoms with van der Waals surface area (Å²) in [5, 5.41) is 0. The van der Waals surface area contributed by atoms with Crippen molar-refractivity contribution in [2.45, 2.75) is 24.3 Å². The van der Waals surface area contributed by atoms with Crippen LogP contribution in [-0.2, 0) is 13.8 Å². The number of carbonyl (C=O) groups excluding carboxylic acids is 1. The van der Waals surface area contributed by atoms with Crippen LogP contribution in [0.5, 0.6) is 0 Å². The van der Waals surface area contributed by atoms with Gasteiger partial charge in [-0.3, -0.25) is 4.79 Å². The topological polar surface area (TPSA) is 63.7 Å². The number of likely N-dealkylation sites (N-methyl/N-ethyl adjacent to an activating group) is 1. The normalized spacial score (nSPS) is 19.6. The van der Waals surface area contributed by atoms with Crippen molar-refractivity contribution in [3.05, 3.63) is 15.8 Å². The highest BCUT2D eigenvalue weighted by atomic mass is 35.7. The molecule has 0 aliphatic carbocycles. The van der Waals surface area contributed by atoms with Crippen molar-refractivity contribution in [3.8, 4) is 0 Å². The lowest BCUT2D eigenvalue weighted by Crippen LogP contribution is -2.36. The second kappa shape index (κ2) is 5.40. The zero-order valence-electron chi connectivity index (χ0n) is 10.6. The van der Waals surface area contributed by atoms with Crippen LogP contribution >= 0.6 is 22.0 Å². The van der Waals surface area contributed by atoms with E-state index in [1.807, 2.05) is 0 Å². The zero-order valence-corrected chi connectivity index (χ0v) is 12.9. The third-order valence-corrected chi connectivity index (χ3v) is 5.74. The van der Waals surface area contributed by atoms with Crippen LogP contribution in [0.2, 0.25) is 0 Å². The predicted octanol–water partition coefficient (Wildman–Crippen LogP) is 1.84. The molecule has 2 rings (SSSR count). The summed E-state index contributed by atoms with van der Waals surface area (Å²) in [7, 11) is 3.22. The van der Waals surface area contributed by atoms with E-state index in [1.54, 1.807) is 18.9 Å². The van der Waals surface area contributed by atoms with E-state index in [-0.39, 0.29) is 16.8 Å². The number of aryl methyl sites for hydroxylation is 1. The van der Waals surface area contributed by atoms with Crippen molar-refractivity contribution < 1.29 is 17.9 Å². The lowest BCUT2D eigenvalue weighted by molar-refractivity contribution is 0.0716. The second-order valence-corrected chi connectivity index (χ2v) is 8.19. The predicted molar refractivity (Wildman–Crippen MR) is 73.4 cm³/mol. The maximum absolute atomic E-state index is 12.3. The molecule has 0 aromatic carbocycles. The quantitative estimate of drug-likeness (QED) is 0.796. The van der Waals surface area contributed by atoms with Crippen LogP contribution in [0.1, 0.15) is 21.0 Å².